The van der Waals surface area contributed by atoms with Gasteiger partial charge in [-0.2, -0.15) is 7.82 Å². The van der Waals surface area contributed by atoms with Crippen LogP contribution >= 0.6 is 7.82 Å². The Balaban J connectivity index is -0.000000362. The first kappa shape index (κ1) is 65.6. The molecule has 0 heterocycles. The van der Waals surface area contributed by atoms with E-state index in [1.54, 1.807) is 0 Å². The number of rotatable bonds is 39. The van der Waals surface area contributed by atoms with Crippen LogP contribution in [0.2, 0.25) is 0 Å². The first-order valence-electron chi connectivity index (χ1n) is 26.1. The molecule has 0 saturated carbocycles. The van der Waals surface area contributed by atoms with Crippen LogP contribution in [0.1, 0.15) is 253 Å². The summed E-state index contributed by atoms with van der Waals surface area (Å²) in [6, 6.07) is 0. The van der Waals surface area contributed by atoms with Gasteiger partial charge in [0.2, 0.25) is 0 Å². The molecule has 0 aromatic heterocycles. The van der Waals surface area contributed by atoms with E-state index in [0.29, 0.717) is 0 Å². The minimum atomic E-state index is -5.39. The Hall–Kier alpha value is -0.0100. The van der Waals surface area contributed by atoms with E-state index in [2.05, 4.69) is 83.8 Å². The zero-order valence-electron chi connectivity index (χ0n) is 43.0. The summed E-state index contributed by atoms with van der Waals surface area (Å²) in [6.45, 7) is 22.0. The molecule has 7 nitrogen and oxygen atoms in total. The van der Waals surface area contributed by atoms with Crippen LogP contribution in [-0.4, -0.2) is 95.0 Å². The highest BCUT2D eigenvalue weighted by Crippen LogP contribution is 2.14. The maximum Gasteiger partial charge on any atom is 0.0782 e. The van der Waals surface area contributed by atoms with Crippen molar-refractivity contribution in [2.24, 2.45) is 0 Å². The van der Waals surface area contributed by atoms with Crippen molar-refractivity contribution in [3.8, 4) is 0 Å². The number of hydrogen-bond acceptors (Lipinski definition) is 4. The van der Waals surface area contributed by atoms with E-state index in [1.807, 2.05) is 0 Å². The maximum atomic E-state index is 8.55. The molecule has 59 heavy (non-hydrogen) atoms. The van der Waals surface area contributed by atoms with Gasteiger partial charge in [-0.3, -0.25) is 0 Å². The highest BCUT2D eigenvalue weighted by atomic mass is 31.2. The third kappa shape index (κ3) is 69.9. The molecule has 0 rings (SSSR count). The van der Waals surface area contributed by atoms with Crippen molar-refractivity contribution in [2.45, 2.75) is 253 Å². The fourth-order valence-electron chi connectivity index (χ4n) is 7.73. The number of unbranched alkanes of at least 4 members (excludes halogenated alkanes) is 27. The number of phosphoric acid groups is 1. The quantitative estimate of drug-likeness (QED) is 0.0350. The normalized spacial score (nSPS) is 12.0. The summed E-state index contributed by atoms with van der Waals surface area (Å²) in [5, 5.41) is 0. The van der Waals surface area contributed by atoms with Gasteiger partial charge >= 0.3 is 0 Å². The Labute approximate surface area is 374 Å². The lowest BCUT2D eigenvalue weighted by Crippen LogP contribution is -2.41. The lowest BCUT2D eigenvalue weighted by atomic mass is 10.1. The van der Waals surface area contributed by atoms with Crippen molar-refractivity contribution in [3.63, 3.8) is 0 Å². The Morgan fingerprint density at radius 1 is 0.254 bits per heavy atom. The minimum Gasteiger partial charge on any atom is -0.822 e. The molecule has 0 unspecified atom stereocenters. The van der Waals surface area contributed by atoms with Crippen molar-refractivity contribution < 1.29 is 32.7 Å². The van der Waals surface area contributed by atoms with Gasteiger partial charge in [-0.05, 0) is 77.0 Å². The topological polar surface area (TPSA) is 86.2 Å². The van der Waals surface area contributed by atoms with Crippen LogP contribution in [0.5, 0.6) is 0 Å². The Bertz CT molecular complexity index is 735. The van der Waals surface area contributed by atoms with Crippen molar-refractivity contribution >= 4 is 7.82 Å². The summed E-state index contributed by atoms with van der Waals surface area (Å²) < 4.78 is 12.3. The lowest BCUT2D eigenvalue weighted by molar-refractivity contribution is -0.890. The Morgan fingerprint density at radius 3 is 0.475 bits per heavy atom. The second-order valence-electron chi connectivity index (χ2n) is 20.1. The molecule has 0 aliphatic carbocycles. The molecule has 0 aliphatic heterocycles. The van der Waals surface area contributed by atoms with E-state index < -0.39 is 7.82 Å². The second-order valence-corrected chi connectivity index (χ2v) is 21.0. The van der Waals surface area contributed by atoms with Gasteiger partial charge in [0.15, 0.2) is 0 Å². The van der Waals surface area contributed by atoms with Gasteiger partial charge in [-0.25, -0.2) is 0 Å². The molecular weight excluding hydrogens is 750 g/mol. The fourth-order valence-corrected chi connectivity index (χ4v) is 7.73. The monoisotopic (exact) mass is 864 g/mol. The molecule has 0 amide bonds. The standard InChI is InChI=1S/3C17H38N.H3O4P/c3*1-5-7-9-11-13-15-17-18(3,4)16-14-12-10-8-6-2;1-5(2,3)4/h3*5-17H2,1-4H3;(H3,1,2,3,4)/q3*+1;/p-3. The minimum absolute atomic E-state index is 1.24. The summed E-state index contributed by atoms with van der Waals surface area (Å²) in [6.07, 6.45) is 46.9. The van der Waals surface area contributed by atoms with Gasteiger partial charge in [-0.1, -0.05) is 176 Å². The predicted molar refractivity (Wildman–Crippen MR) is 260 cm³/mol. The van der Waals surface area contributed by atoms with E-state index >= 15 is 0 Å². The smallest absolute Gasteiger partial charge is 0.0782 e. The molecule has 0 radical (unpaired) electrons. The van der Waals surface area contributed by atoms with Crippen LogP contribution in [0.25, 0.3) is 0 Å². The van der Waals surface area contributed by atoms with E-state index in [9.17, 15) is 0 Å². The zero-order valence-corrected chi connectivity index (χ0v) is 43.9. The van der Waals surface area contributed by atoms with Gasteiger partial charge in [-0.15, -0.1) is 0 Å². The van der Waals surface area contributed by atoms with Crippen LogP contribution in [0.15, 0.2) is 0 Å². The molecule has 0 aromatic carbocycles. The summed E-state index contributed by atoms with van der Waals surface area (Å²) in [5.41, 5.74) is 0. The molecule has 0 spiro atoms. The number of quaternary nitrogens is 3. The molecule has 0 aromatic rings. The van der Waals surface area contributed by atoms with E-state index in [-0.39, 0.29) is 0 Å². The second kappa shape index (κ2) is 47.5. The number of nitrogens with zero attached hydrogens (tertiary/aromatic N) is 3. The fraction of sp³-hybridized carbons (Fsp3) is 1.00. The molecule has 0 atom stereocenters. The van der Waals surface area contributed by atoms with Crippen LogP contribution in [0.4, 0.5) is 0 Å². The van der Waals surface area contributed by atoms with Crippen molar-refractivity contribution in [3.05, 3.63) is 0 Å². The average molecular weight is 864 g/mol. The molecule has 8 heteroatoms. The summed E-state index contributed by atoms with van der Waals surface area (Å²) in [5.74, 6) is 0. The molecule has 0 aliphatic rings. The first-order valence-corrected chi connectivity index (χ1v) is 27.5. The van der Waals surface area contributed by atoms with E-state index in [0.717, 1.165) is 0 Å². The van der Waals surface area contributed by atoms with Crippen LogP contribution in [-0.2, 0) is 4.57 Å². The first-order chi connectivity index (χ1) is 27.9. The molecule has 0 N–H and O–H groups in total. The van der Waals surface area contributed by atoms with Crippen molar-refractivity contribution in [1.29, 1.82) is 0 Å². The Morgan fingerprint density at radius 2 is 0.356 bits per heavy atom. The van der Waals surface area contributed by atoms with E-state index in [4.69, 9.17) is 19.2 Å². The highest BCUT2D eigenvalue weighted by molar-refractivity contribution is 7.40. The SMILES string of the molecule is CCCCCCCC[N+](C)(C)CCCCCCC.CCCCCCCC[N+](C)(C)CCCCCCC.CCCCCCCC[N+](C)(C)CCCCCCC.O=P([O-])([O-])[O-]. The predicted octanol–water partition coefficient (Wildman–Crippen LogP) is 13.4. The third-order valence-corrected chi connectivity index (χ3v) is 12.0. The van der Waals surface area contributed by atoms with Gasteiger partial charge in [0.25, 0.3) is 0 Å². The van der Waals surface area contributed by atoms with Gasteiger partial charge in [0, 0.05) is 0 Å². The lowest BCUT2D eigenvalue weighted by Gasteiger charge is -2.36. The highest BCUT2D eigenvalue weighted by Gasteiger charge is 2.15. The van der Waals surface area contributed by atoms with Gasteiger partial charge < -0.3 is 32.7 Å². The third-order valence-electron chi connectivity index (χ3n) is 12.0. The molecular formula is C51H114N3O4P. The van der Waals surface area contributed by atoms with Gasteiger partial charge in [0.1, 0.15) is 0 Å². The molecule has 0 bridgehead atoms. The summed E-state index contributed by atoms with van der Waals surface area (Å²) >= 11 is 0. The van der Waals surface area contributed by atoms with Crippen molar-refractivity contribution in [2.75, 3.05) is 81.6 Å². The van der Waals surface area contributed by atoms with Crippen LogP contribution < -0.4 is 14.7 Å². The van der Waals surface area contributed by atoms with E-state index in [1.165, 1.54) is 265 Å². The average Bonchev–Trinajstić information content (AvgIpc) is 3.15. The Kier molecular flexibility index (Phi) is 52.8. The zero-order chi connectivity index (χ0) is 45.6. The van der Waals surface area contributed by atoms with Gasteiger partial charge in [0.05, 0.1) is 81.6 Å². The summed E-state index contributed by atoms with van der Waals surface area (Å²) in [4.78, 5) is 25.6. The maximum absolute atomic E-state index is 8.55. The number of hydrogen-bond donors (Lipinski definition) is 0. The summed E-state index contributed by atoms with van der Waals surface area (Å²) in [7, 11) is 9.06. The molecule has 0 saturated heterocycles. The van der Waals surface area contributed by atoms with Crippen molar-refractivity contribution in [1.82, 2.24) is 0 Å². The van der Waals surface area contributed by atoms with Crippen LogP contribution in [0.3, 0.4) is 0 Å². The molecule has 0 fully saturated rings. The largest absolute Gasteiger partial charge is 0.822 e. The van der Waals surface area contributed by atoms with Crippen LogP contribution in [0, 0.1) is 0 Å². The molecule has 362 valence electrons.